The van der Waals surface area contributed by atoms with E-state index >= 15 is 0 Å². The topological polar surface area (TPSA) is 62.5 Å². The Hall–Kier alpha value is -2.34. The van der Waals surface area contributed by atoms with Crippen LogP contribution in [0.5, 0.6) is 0 Å². The summed E-state index contributed by atoms with van der Waals surface area (Å²) in [5, 5.41) is 11.6. The number of hydrogen-bond donors (Lipinski definition) is 0. The van der Waals surface area contributed by atoms with Crippen molar-refractivity contribution in [3.05, 3.63) is 57.7 Å². The summed E-state index contributed by atoms with van der Waals surface area (Å²) in [6, 6.07) is 10.6. The van der Waals surface area contributed by atoms with Crippen LogP contribution in [0.2, 0.25) is 5.02 Å². The van der Waals surface area contributed by atoms with Gasteiger partial charge in [-0.05, 0) is 24.3 Å². The molecule has 0 spiro atoms. The maximum absolute atomic E-state index is 11.2. The zero-order valence-corrected chi connectivity index (χ0v) is 12.6. The second kappa shape index (κ2) is 6.19. The number of anilines is 2. The number of hydrogen-bond acceptors (Lipinski definition) is 5. The van der Waals surface area contributed by atoms with Gasteiger partial charge in [0, 0.05) is 43.5 Å². The van der Waals surface area contributed by atoms with Crippen LogP contribution in [0.1, 0.15) is 0 Å². The highest BCUT2D eigenvalue weighted by Crippen LogP contribution is 2.31. The number of aromatic nitrogens is 1. The lowest BCUT2D eigenvalue weighted by Crippen LogP contribution is -2.47. The van der Waals surface area contributed by atoms with Crippen molar-refractivity contribution >= 4 is 28.8 Å². The van der Waals surface area contributed by atoms with Crippen molar-refractivity contribution in [1.29, 1.82) is 0 Å². The number of nitro benzene ring substituents is 1. The molecule has 0 saturated carbocycles. The Morgan fingerprint density at radius 3 is 2.45 bits per heavy atom. The molecule has 114 valence electrons. The Balaban J connectivity index is 1.76. The Labute approximate surface area is 133 Å². The number of pyridine rings is 1. The molecule has 22 heavy (non-hydrogen) atoms. The van der Waals surface area contributed by atoms with E-state index in [0.29, 0.717) is 23.8 Å². The molecule has 1 aromatic carbocycles. The zero-order chi connectivity index (χ0) is 15.5. The molecule has 3 rings (SSSR count). The molecule has 2 heterocycles. The lowest BCUT2D eigenvalue weighted by Gasteiger charge is -2.36. The van der Waals surface area contributed by atoms with Crippen LogP contribution in [0, 0.1) is 10.1 Å². The zero-order valence-electron chi connectivity index (χ0n) is 11.9. The fourth-order valence-corrected chi connectivity index (χ4v) is 2.79. The molecule has 0 amide bonds. The second-order valence-corrected chi connectivity index (χ2v) is 5.49. The summed E-state index contributed by atoms with van der Waals surface area (Å²) in [7, 11) is 0. The summed E-state index contributed by atoms with van der Waals surface area (Å²) < 4.78 is 0. The van der Waals surface area contributed by atoms with Crippen LogP contribution in [0.15, 0.2) is 42.6 Å². The van der Waals surface area contributed by atoms with Crippen molar-refractivity contribution < 1.29 is 4.92 Å². The predicted molar refractivity (Wildman–Crippen MR) is 86.8 cm³/mol. The molecule has 7 heteroatoms. The second-order valence-electron chi connectivity index (χ2n) is 5.05. The molecule has 1 saturated heterocycles. The van der Waals surface area contributed by atoms with Crippen molar-refractivity contribution in [2.45, 2.75) is 0 Å². The van der Waals surface area contributed by atoms with Crippen molar-refractivity contribution in [1.82, 2.24) is 4.98 Å². The van der Waals surface area contributed by atoms with Crippen molar-refractivity contribution in [3.63, 3.8) is 0 Å². The minimum atomic E-state index is -0.383. The molecule has 2 aromatic rings. The summed E-state index contributed by atoms with van der Waals surface area (Å²) in [6.07, 6.45) is 1.77. The molecule has 0 radical (unpaired) electrons. The van der Waals surface area contributed by atoms with Crippen LogP contribution in [0.25, 0.3) is 0 Å². The highest BCUT2D eigenvalue weighted by molar-refractivity contribution is 6.30. The molecule has 0 aliphatic carbocycles. The van der Waals surface area contributed by atoms with E-state index in [9.17, 15) is 10.1 Å². The Kier molecular flexibility index (Phi) is 4.11. The third-order valence-electron chi connectivity index (χ3n) is 3.73. The van der Waals surface area contributed by atoms with E-state index in [1.54, 1.807) is 18.3 Å². The van der Waals surface area contributed by atoms with E-state index in [1.807, 2.05) is 23.1 Å². The standard InChI is InChI=1S/C15H15ClN4O2/c16-12-4-5-13(14(11-12)20(21)22)18-7-9-19(10-8-18)15-3-1-2-6-17-15/h1-6,11H,7-10H2. The Morgan fingerprint density at radius 2 is 1.82 bits per heavy atom. The molecule has 0 atom stereocenters. The maximum atomic E-state index is 11.2. The molecule has 0 bridgehead atoms. The third-order valence-corrected chi connectivity index (χ3v) is 3.96. The highest BCUT2D eigenvalue weighted by Gasteiger charge is 2.24. The first-order valence-electron chi connectivity index (χ1n) is 7.00. The van der Waals surface area contributed by atoms with E-state index in [4.69, 9.17) is 11.6 Å². The van der Waals surface area contributed by atoms with Crippen LogP contribution < -0.4 is 9.80 Å². The number of benzene rings is 1. The van der Waals surface area contributed by atoms with Crippen LogP contribution in [0.3, 0.4) is 0 Å². The first kappa shape index (κ1) is 14.6. The van der Waals surface area contributed by atoms with Gasteiger partial charge in [-0.2, -0.15) is 0 Å². The van der Waals surface area contributed by atoms with Crippen LogP contribution in [0.4, 0.5) is 17.2 Å². The third kappa shape index (κ3) is 2.96. The summed E-state index contributed by atoms with van der Waals surface area (Å²) in [4.78, 5) is 19.4. The predicted octanol–water partition coefficient (Wildman–Crippen LogP) is 2.97. The highest BCUT2D eigenvalue weighted by atomic mass is 35.5. The summed E-state index contributed by atoms with van der Waals surface area (Å²) in [5.74, 6) is 0.938. The molecule has 1 aromatic heterocycles. The monoisotopic (exact) mass is 318 g/mol. The quantitative estimate of drug-likeness (QED) is 0.643. The molecule has 0 N–H and O–H groups in total. The van der Waals surface area contributed by atoms with Gasteiger partial charge in [-0.25, -0.2) is 4.98 Å². The smallest absolute Gasteiger partial charge is 0.294 e. The van der Waals surface area contributed by atoms with Crippen LogP contribution >= 0.6 is 11.6 Å². The minimum absolute atomic E-state index is 0.0544. The average molecular weight is 319 g/mol. The number of rotatable bonds is 3. The van der Waals surface area contributed by atoms with E-state index in [-0.39, 0.29) is 10.6 Å². The van der Waals surface area contributed by atoms with E-state index in [2.05, 4.69) is 9.88 Å². The molecule has 1 aliphatic heterocycles. The number of halogens is 1. The lowest BCUT2D eigenvalue weighted by molar-refractivity contribution is -0.384. The van der Waals surface area contributed by atoms with Crippen molar-refractivity contribution in [2.75, 3.05) is 36.0 Å². The normalized spacial score (nSPS) is 15.0. The first-order chi connectivity index (χ1) is 10.6. The van der Waals surface area contributed by atoms with Gasteiger partial charge in [0.05, 0.1) is 4.92 Å². The molecule has 6 nitrogen and oxygen atoms in total. The van der Waals surface area contributed by atoms with Gasteiger partial charge in [0.15, 0.2) is 0 Å². The minimum Gasteiger partial charge on any atom is -0.362 e. The van der Waals surface area contributed by atoms with Crippen LogP contribution in [-0.4, -0.2) is 36.1 Å². The van der Waals surface area contributed by atoms with Crippen molar-refractivity contribution in [2.24, 2.45) is 0 Å². The van der Waals surface area contributed by atoms with Gasteiger partial charge in [-0.3, -0.25) is 10.1 Å². The van der Waals surface area contributed by atoms with Gasteiger partial charge in [0.1, 0.15) is 11.5 Å². The van der Waals surface area contributed by atoms with Gasteiger partial charge in [-0.15, -0.1) is 0 Å². The largest absolute Gasteiger partial charge is 0.362 e. The number of nitrogens with zero attached hydrogens (tertiary/aromatic N) is 4. The molecule has 1 fully saturated rings. The van der Waals surface area contributed by atoms with Gasteiger partial charge >= 0.3 is 0 Å². The van der Waals surface area contributed by atoms with Crippen molar-refractivity contribution in [3.8, 4) is 0 Å². The molecular formula is C15H15ClN4O2. The molecular weight excluding hydrogens is 304 g/mol. The van der Waals surface area contributed by atoms with Crippen LogP contribution in [-0.2, 0) is 0 Å². The number of nitro groups is 1. The fourth-order valence-electron chi connectivity index (χ4n) is 2.63. The average Bonchev–Trinajstić information content (AvgIpc) is 2.56. The number of piperazine rings is 1. The Morgan fingerprint density at radius 1 is 1.09 bits per heavy atom. The van der Waals surface area contributed by atoms with E-state index in [1.165, 1.54) is 6.07 Å². The SMILES string of the molecule is O=[N+]([O-])c1cc(Cl)ccc1N1CCN(c2ccccn2)CC1. The Bertz CT molecular complexity index is 672. The maximum Gasteiger partial charge on any atom is 0.294 e. The first-order valence-corrected chi connectivity index (χ1v) is 7.38. The fraction of sp³-hybridized carbons (Fsp3) is 0.267. The van der Waals surface area contributed by atoms with E-state index in [0.717, 1.165) is 18.9 Å². The van der Waals surface area contributed by atoms with Gasteiger partial charge < -0.3 is 9.80 Å². The molecule has 1 aliphatic rings. The van der Waals surface area contributed by atoms with E-state index < -0.39 is 0 Å². The van der Waals surface area contributed by atoms with Gasteiger partial charge in [0.25, 0.3) is 5.69 Å². The summed E-state index contributed by atoms with van der Waals surface area (Å²) >= 11 is 5.86. The van der Waals surface area contributed by atoms with Gasteiger partial charge in [0.2, 0.25) is 0 Å². The van der Waals surface area contributed by atoms with Gasteiger partial charge in [-0.1, -0.05) is 17.7 Å². The summed E-state index contributed by atoms with van der Waals surface area (Å²) in [5.41, 5.74) is 0.675. The summed E-state index contributed by atoms with van der Waals surface area (Å²) in [6.45, 7) is 2.96. The molecule has 0 unspecified atom stereocenters. The lowest BCUT2D eigenvalue weighted by atomic mass is 10.2.